The predicted octanol–water partition coefficient (Wildman–Crippen LogP) is 2.47. The smallest absolute Gasteiger partial charge is 0.119 e. The molecule has 0 spiro atoms. The highest BCUT2D eigenvalue weighted by Gasteiger charge is 1.98. The monoisotopic (exact) mass is 154 g/mol. The molecule has 1 aromatic carbocycles. The molecule has 0 aliphatic heterocycles. The van der Waals surface area contributed by atoms with Gasteiger partial charge in [0.2, 0.25) is 0 Å². The number of aryl methyl sites for hydroxylation is 1. The van der Waals surface area contributed by atoms with E-state index in [1.165, 1.54) is 0 Å². The molecular weight excluding hydrogens is 143 g/mol. The zero-order chi connectivity index (χ0) is 8.27. The van der Waals surface area contributed by atoms with Crippen LogP contribution in [0.5, 0.6) is 5.75 Å². The lowest BCUT2D eigenvalue weighted by molar-refractivity contribution is 0.411. The summed E-state index contributed by atoms with van der Waals surface area (Å²) in [5.74, 6) is 0.711. The summed E-state index contributed by atoms with van der Waals surface area (Å²) in [6.45, 7) is 1.46. The Labute approximate surface area is 65.8 Å². The maximum Gasteiger partial charge on any atom is 0.119 e. The van der Waals surface area contributed by atoms with E-state index in [1.807, 2.05) is 19.1 Å². The molecular formula is C9H11FO. The van der Waals surface area contributed by atoms with Gasteiger partial charge in [0.05, 0.1) is 7.11 Å². The second kappa shape index (κ2) is 3.37. The van der Waals surface area contributed by atoms with Crippen LogP contribution in [0.2, 0.25) is 0 Å². The van der Waals surface area contributed by atoms with E-state index < -0.39 is 6.67 Å². The lowest BCUT2D eigenvalue weighted by atomic mass is 10.1. The molecule has 0 aromatic heterocycles. The third kappa shape index (κ3) is 1.70. The van der Waals surface area contributed by atoms with Crippen molar-refractivity contribution in [3.05, 3.63) is 29.3 Å². The molecule has 2 heteroatoms. The summed E-state index contributed by atoms with van der Waals surface area (Å²) in [6.07, 6.45) is 0. The Kier molecular flexibility index (Phi) is 2.47. The standard InChI is InChI=1S/C9H11FO/c1-7-3-4-9(11-2)5-8(7)6-10/h3-5H,6H2,1-2H3. The number of hydrogen-bond donors (Lipinski definition) is 0. The van der Waals surface area contributed by atoms with E-state index >= 15 is 0 Å². The number of benzene rings is 1. The van der Waals surface area contributed by atoms with Crippen molar-refractivity contribution in [1.82, 2.24) is 0 Å². The molecule has 0 aliphatic carbocycles. The van der Waals surface area contributed by atoms with Crippen LogP contribution in [-0.4, -0.2) is 7.11 Å². The van der Waals surface area contributed by atoms with E-state index in [1.54, 1.807) is 13.2 Å². The average Bonchev–Trinajstić information content (AvgIpc) is 2.05. The molecule has 0 unspecified atom stereocenters. The van der Waals surface area contributed by atoms with Gasteiger partial charge in [-0.2, -0.15) is 0 Å². The summed E-state index contributed by atoms with van der Waals surface area (Å²) in [6, 6.07) is 5.40. The molecule has 1 aromatic rings. The van der Waals surface area contributed by atoms with Crippen molar-refractivity contribution < 1.29 is 9.13 Å². The second-order valence-corrected chi connectivity index (χ2v) is 2.43. The van der Waals surface area contributed by atoms with E-state index in [-0.39, 0.29) is 0 Å². The van der Waals surface area contributed by atoms with Gasteiger partial charge in [-0.15, -0.1) is 0 Å². The molecule has 1 rings (SSSR count). The Hall–Kier alpha value is -1.05. The van der Waals surface area contributed by atoms with Crippen LogP contribution in [0, 0.1) is 6.92 Å². The van der Waals surface area contributed by atoms with E-state index in [0.29, 0.717) is 11.3 Å². The Balaban J connectivity index is 3.02. The van der Waals surface area contributed by atoms with E-state index in [4.69, 9.17) is 4.74 Å². The minimum Gasteiger partial charge on any atom is -0.497 e. The SMILES string of the molecule is COc1ccc(C)c(CF)c1. The van der Waals surface area contributed by atoms with Crippen LogP contribution in [0.4, 0.5) is 4.39 Å². The maximum absolute atomic E-state index is 12.2. The van der Waals surface area contributed by atoms with Gasteiger partial charge in [-0.1, -0.05) is 6.07 Å². The number of halogens is 1. The highest BCUT2D eigenvalue weighted by molar-refractivity contribution is 5.34. The molecule has 0 atom stereocenters. The Morgan fingerprint density at radius 1 is 1.45 bits per heavy atom. The highest BCUT2D eigenvalue weighted by atomic mass is 19.1. The van der Waals surface area contributed by atoms with Gasteiger partial charge in [0.15, 0.2) is 0 Å². The fourth-order valence-corrected chi connectivity index (χ4v) is 0.919. The Morgan fingerprint density at radius 3 is 2.73 bits per heavy atom. The zero-order valence-corrected chi connectivity index (χ0v) is 6.73. The topological polar surface area (TPSA) is 9.23 Å². The van der Waals surface area contributed by atoms with Crippen LogP contribution < -0.4 is 4.74 Å². The summed E-state index contributed by atoms with van der Waals surface area (Å²) in [7, 11) is 1.58. The van der Waals surface area contributed by atoms with Crippen molar-refractivity contribution in [2.45, 2.75) is 13.6 Å². The summed E-state index contributed by atoms with van der Waals surface area (Å²) >= 11 is 0. The molecule has 1 nitrogen and oxygen atoms in total. The van der Waals surface area contributed by atoms with Crippen LogP contribution in [0.3, 0.4) is 0 Å². The first kappa shape index (κ1) is 8.05. The number of ether oxygens (including phenoxy) is 1. The quantitative estimate of drug-likeness (QED) is 0.635. The molecule has 0 saturated carbocycles. The van der Waals surface area contributed by atoms with Crippen molar-refractivity contribution in [1.29, 1.82) is 0 Å². The van der Waals surface area contributed by atoms with Crippen LogP contribution >= 0.6 is 0 Å². The van der Waals surface area contributed by atoms with Crippen molar-refractivity contribution in [3.63, 3.8) is 0 Å². The lowest BCUT2D eigenvalue weighted by Crippen LogP contribution is -1.88. The van der Waals surface area contributed by atoms with E-state index in [2.05, 4.69) is 0 Å². The lowest BCUT2D eigenvalue weighted by Gasteiger charge is -2.03. The largest absolute Gasteiger partial charge is 0.497 e. The molecule has 60 valence electrons. The van der Waals surface area contributed by atoms with Crippen LogP contribution in [0.15, 0.2) is 18.2 Å². The van der Waals surface area contributed by atoms with Crippen LogP contribution in [0.1, 0.15) is 11.1 Å². The van der Waals surface area contributed by atoms with Crippen molar-refractivity contribution >= 4 is 0 Å². The van der Waals surface area contributed by atoms with Gasteiger partial charge < -0.3 is 4.74 Å². The van der Waals surface area contributed by atoms with Gasteiger partial charge in [0.25, 0.3) is 0 Å². The summed E-state index contributed by atoms with van der Waals surface area (Å²) in [5, 5.41) is 0. The highest BCUT2D eigenvalue weighted by Crippen LogP contribution is 2.17. The third-order valence-corrected chi connectivity index (χ3v) is 1.70. The maximum atomic E-state index is 12.2. The average molecular weight is 154 g/mol. The Bertz CT molecular complexity index is 245. The number of alkyl halides is 1. The van der Waals surface area contributed by atoms with E-state index in [0.717, 1.165) is 5.56 Å². The Morgan fingerprint density at radius 2 is 2.18 bits per heavy atom. The summed E-state index contributed by atoms with van der Waals surface area (Å²) in [5.41, 5.74) is 1.66. The van der Waals surface area contributed by atoms with Crippen molar-refractivity contribution in [2.24, 2.45) is 0 Å². The molecule has 0 saturated heterocycles. The fourth-order valence-electron chi connectivity index (χ4n) is 0.919. The number of rotatable bonds is 2. The predicted molar refractivity (Wildman–Crippen MR) is 42.5 cm³/mol. The molecule has 0 N–H and O–H groups in total. The van der Waals surface area contributed by atoms with Gasteiger partial charge >= 0.3 is 0 Å². The minimum atomic E-state index is -0.428. The van der Waals surface area contributed by atoms with E-state index in [9.17, 15) is 4.39 Å². The number of methoxy groups -OCH3 is 1. The van der Waals surface area contributed by atoms with Crippen molar-refractivity contribution in [3.8, 4) is 5.75 Å². The molecule has 0 bridgehead atoms. The fraction of sp³-hybridized carbons (Fsp3) is 0.333. The van der Waals surface area contributed by atoms with Gasteiger partial charge in [-0.3, -0.25) is 0 Å². The van der Waals surface area contributed by atoms with Gasteiger partial charge in [-0.25, -0.2) is 4.39 Å². The normalized spacial score (nSPS) is 9.73. The number of hydrogen-bond acceptors (Lipinski definition) is 1. The second-order valence-electron chi connectivity index (χ2n) is 2.43. The first-order valence-electron chi connectivity index (χ1n) is 3.47. The van der Waals surface area contributed by atoms with Crippen LogP contribution in [-0.2, 0) is 6.67 Å². The first-order chi connectivity index (χ1) is 5.27. The summed E-state index contributed by atoms with van der Waals surface area (Å²) < 4.78 is 17.2. The third-order valence-electron chi connectivity index (χ3n) is 1.70. The molecule has 0 heterocycles. The van der Waals surface area contributed by atoms with Gasteiger partial charge in [-0.05, 0) is 30.2 Å². The van der Waals surface area contributed by atoms with Gasteiger partial charge in [0.1, 0.15) is 12.4 Å². The molecule has 0 aliphatic rings. The van der Waals surface area contributed by atoms with Crippen molar-refractivity contribution in [2.75, 3.05) is 7.11 Å². The zero-order valence-electron chi connectivity index (χ0n) is 6.73. The molecule has 0 fully saturated rings. The molecule has 0 radical (unpaired) electrons. The first-order valence-corrected chi connectivity index (χ1v) is 3.47. The summed E-state index contributed by atoms with van der Waals surface area (Å²) in [4.78, 5) is 0. The minimum absolute atomic E-state index is 0.428. The molecule has 11 heavy (non-hydrogen) atoms. The molecule has 0 amide bonds. The van der Waals surface area contributed by atoms with Gasteiger partial charge in [0, 0.05) is 0 Å². The van der Waals surface area contributed by atoms with Crippen LogP contribution in [0.25, 0.3) is 0 Å².